The average molecular weight is 1640 g/mol. The summed E-state index contributed by atoms with van der Waals surface area (Å²) in [5.41, 5.74) is 39.5. The Balaban J connectivity index is 0.000000188. The van der Waals surface area contributed by atoms with Crippen molar-refractivity contribution in [2.24, 2.45) is 0 Å². The normalized spacial score (nSPS) is 12.5. The van der Waals surface area contributed by atoms with Crippen LogP contribution in [0.3, 0.4) is 0 Å². The van der Waals surface area contributed by atoms with Crippen molar-refractivity contribution < 1.29 is 0 Å². The third kappa shape index (κ3) is 22.5. The van der Waals surface area contributed by atoms with Crippen LogP contribution in [0.4, 0.5) is 51.2 Å². The molecule has 0 bridgehead atoms. The van der Waals surface area contributed by atoms with E-state index < -0.39 is 5.41 Å². The zero-order valence-corrected chi connectivity index (χ0v) is 77.9. The largest absolute Gasteiger partial charge is 0.311 e. The molecule has 2 aliphatic carbocycles. The van der Waals surface area contributed by atoms with Crippen molar-refractivity contribution in [1.29, 1.82) is 0 Å². The highest BCUT2D eigenvalue weighted by Gasteiger charge is 2.50. The van der Waals surface area contributed by atoms with Gasteiger partial charge in [-0.25, -0.2) is 0 Å². The van der Waals surface area contributed by atoms with Crippen LogP contribution < -0.4 is 14.7 Å². The lowest BCUT2D eigenvalue weighted by molar-refractivity contribution is 0.397. The summed E-state index contributed by atoms with van der Waals surface area (Å²) < 4.78 is 0. The van der Waals surface area contributed by atoms with Gasteiger partial charge in [0.05, 0.1) is 5.41 Å². The monoisotopic (exact) mass is 1640 g/mol. The third-order valence-corrected chi connectivity index (χ3v) is 26.7. The number of nitrogens with zero attached hydrogens (tertiary/aromatic N) is 3. The molecular formula is C121H143N3. The Bertz CT molecular complexity index is 5030. The zero-order chi connectivity index (χ0) is 86.8. The minimum atomic E-state index is -0.405. The zero-order valence-electron chi connectivity index (χ0n) is 77.9. The van der Waals surface area contributed by atoms with Gasteiger partial charge in [-0.3, -0.25) is 0 Å². The van der Waals surface area contributed by atoms with Crippen LogP contribution in [0.25, 0.3) is 22.3 Å². The van der Waals surface area contributed by atoms with Crippen molar-refractivity contribution in [1.82, 2.24) is 0 Å². The van der Waals surface area contributed by atoms with Crippen LogP contribution in [0.15, 0.2) is 291 Å². The molecule has 0 saturated carbocycles. The maximum atomic E-state index is 2.77. The molecule has 0 unspecified atom stereocenters. The summed E-state index contributed by atoms with van der Waals surface area (Å²) in [7, 11) is 0. The molecule has 0 heterocycles. The summed E-state index contributed by atoms with van der Waals surface area (Å²) in [4.78, 5) is 6.91. The van der Waals surface area contributed by atoms with E-state index in [2.05, 4.69) is 396 Å². The van der Waals surface area contributed by atoms with Crippen molar-refractivity contribution in [3.05, 3.63) is 386 Å². The van der Waals surface area contributed by atoms with Gasteiger partial charge in [-0.1, -0.05) is 389 Å². The Labute approximate surface area is 749 Å². The molecule has 0 amide bonds. The number of unbranched alkanes of at least 4 members (excludes halogenated alkanes) is 20. The van der Waals surface area contributed by atoms with Crippen molar-refractivity contribution >= 4 is 51.2 Å². The maximum absolute atomic E-state index is 2.77. The van der Waals surface area contributed by atoms with E-state index in [1.54, 1.807) is 11.1 Å². The maximum Gasteiger partial charge on any atom is 0.0713 e. The highest BCUT2D eigenvalue weighted by Crippen LogP contribution is 2.62. The molecule has 13 aromatic carbocycles. The van der Waals surface area contributed by atoms with E-state index >= 15 is 0 Å². The lowest BCUT2D eigenvalue weighted by Gasteiger charge is -2.35. The van der Waals surface area contributed by atoms with E-state index in [1.165, 1.54) is 303 Å². The Hall–Kier alpha value is -10.7. The molecule has 2 aliphatic rings. The highest BCUT2D eigenvalue weighted by atomic mass is 15.2. The number of hydrogen-bond donors (Lipinski definition) is 0. The smallest absolute Gasteiger partial charge is 0.0713 e. The fourth-order valence-electron chi connectivity index (χ4n) is 19.4. The number of aryl methyl sites for hydroxylation is 11. The van der Waals surface area contributed by atoms with Gasteiger partial charge in [0.2, 0.25) is 0 Å². The summed E-state index contributed by atoms with van der Waals surface area (Å²) in [5.74, 6) is 0. The molecule has 0 fully saturated rings. The van der Waals surface area contributed by atoms with Crippen LogP contribution in [-0.2, 0) is 23.7 Å². The molecule has 0 atom stereocenters. The van der Waals surface area contributed by atoms with Gasteiger partial charge in [0.25, 0.3) is 0 Å². The molecule has 0 radical (unpaired) electrons. The molecule has 0 saturated heterocycles. The Kier molecular flexibility index (Phi) is 32.8. The fourth-order valence-corrected chi connectivity index (χ4v) is 19.4. The van der Waals surface area contributed by atoms with Gasteiger partial charge < -0.3 is 14.7 Å². The molecule has 0 aliphatic heterocycles. The molecular weight excluding hydrogens is 1500 g/mol. The first-order valence-electron chi connectivity index (χ1n) is 48.1. The average Bonchev–Trinajstić information content (AvgIpc) is 1.51. The summed E-state index contributed by atoms with van der Waals surface area (Å²) >= 11 is 0. The molecule has 124 heavy (non-hydrogen) atoms. The number of benzene rings is 13. The van der Waals surface area contributed by atoms with E-state index in [9.17, 15) is 0 Å². The number of rotatable bonds is 39. The molecule has 0 N–H and O–H groups in total. The predicted molar refractivity (Wildman–Crippen MR) is 540 cm³/mol. The Morgan fingerprint density at radius 3 is 0.685 bits per heavy atom. The molecule has 0 spiro atoms. The Morgan fingerprint density at radius 1 is 0.185 bits per heavy atom. The van der Waals surface area contributed by atoms with Crippen molar-refractivity contribution in [3.8, 4) is 22.3 Å². The lowest BCUT2D eigenvalue weighted by Crippen LogP contribution is -2.29. The van der Waals surface area contributed by atoms with Crippen LogP contribution >= 0.6 is 0 Å². The summed E-state index contributed by atoms with van der Waals surface area (Å²) in [6, 6.07) is 110. The lowest BCUT2D eigenvalue weighted by atomic mass is 9.66. The first-order chi connectivity index (χ1) is 60.5. The van der Waals surface area contributed by atoms with E-state index in [0.29, 0.717) is 0 Å². The first kappa shape index (κ1) is 91.0. The van der Waals surface area contributed by atoms with Gasteiger partial charge in [-0.2, -0.15) is 0 Å². The van der Waals surface area contributed by atoms with E-state index in [1.807, 2.05) is 0 Å². The number of hydrogen-bond acceptors (Lipinski definition) is 3. The van der Waals surface area contributed by atoms with Crippen molar-refractivity contribution in [2.45, 2.75) is 281 Å². The number of fused-ring (bicyclic) bond motifs is 6. The van der Waals surface area contributed by atoms with Crippen molar-refractivity contribution in [2.75, 3.05) is 14.7 Å². The van der Waals surface area contributed by atoms with Gasteiger partial charge in [-0.05, 0) is 289 Å². The van der Waals surface area contributed by atoms with Gasteiger partial charge in [0.15, 0.2) is 0 Å². The van der Waals surface area contributed by atoms with E-state index in [0.717, 1.165) is 34.1 Å². The summed E-state index contributed by atoms with van der Waals surface area (Å²) in [6.07, 6.45) is 37.0. The van der Waals surface area contributed by atoms with Gasteiger partial charge in [0, 0.05) is 56.6 Å². The van der Waals surface area contributed by atoms with Crippen LogP contribution in [0.2, 0.25) is 0 Å². The first-order valence-corrected chi connectivity index (χ1v) is 48.1. The molecule has 3 heteroatoms. The third-order valence-electron chi connectivity index (χ3n) is 26.7. The Morgan fingerprint density at radius 2 is 0.395 bits per heavy atom. The minimum Gasteiger partial charge on any atom is -0.311 e. The van der Waals surface area contributed by atoms with Gasteiger partial charge >= 0.3 is 0 Å². The predicted octanol–water partition coefficient (Wildman–Crippen LogP) is 36.2. The minimum absolute atomic E-state index is 0.0493. The van der Waals surface area contributed by atoms with Gasteiger partial charge in [-0.15, -0.1) is 0 Å². The molecule has 13 aromatic rings. The van der Waals surface area contributed by atoms with Crippen LogP contribution in [0.1, 0.15) is 289 Å². The molecule has 0 aromatic heterocycles. The number of anilines is 9. The van der Waals surface area contributed by atoms with Crippen LogP contribution in [0.5, 0.6) is 0 Å². The second kappa shape index (κ2) is 44.7. The molecule has 3 nitrogen and oxygen atoms in total. The standard InChI is InChI=1S/C66H90.C34H32N2.C21H21N/c1-7-11-15-19-23-27-31-53-35-39-55(40-36-53)66(56-41-37-54(38-42-56)32-28-24-20-16-12-8-2)63-48-52(6)34-44-58(63)60-49-62-59(50-64(60)66)57-43-33-51(5)47-61(57)65(62,45-29-25-21-17-13-9-3)46-30-26-22-18-14-10-4;1-25-5-13-29(14-6-25)35(30-15-7-26(2)8-16-30)33-21-23-34(24-22-33)36(31-17-9-27(3)10-18-31)32-19-11-28(4)12-20-32;1-16-4-10-19(11-5-16)22(20-12-6-17(2)7-13-20)21-14-8-18(3)9-15-21/h33-44,47-50H,7-32,45-46H2,1-6H3;5-24H,1-4H3;4-15H,1-3H3. The van der Waals surface area contributed by atoms with Gasteiger partial charge in [0.1, 0.15) is 0 Å². The van der Waals surface area contributed by atoms with Crippen LogP contribution in [-0.4, -0.2) is 0 Å². The topological polar surface area (TPSA) is 9.72 Å². The highest BCUT2D eigenvalue weighted by molar-refractivity contribution is 5.93. The molecule has 15 rings (SSSR count). The molecule has 642 valence electrons. The van der Waals surface area contributed by atoms with E-state index in [-0.39, 0.29) is 5.41 Å². The fraction of sp³-hybridized carbons (Fsp3) is 0.355. The van der Waals surface area contributed by atoms with Crippen molar-refractivity contribution in [3.63, 3.8) is 0 Å². The second-order valence-electron chi connectivity index (χ2n) is 36.7. The summed E-state index contributed by atoms with van der Waals surface area (Å²) in [6.45, 7) is 28.8. The SMILES string of the molecule is CCCCCCCCc1ccc(C2(c3ccc(CCCCCCCC)cc3)c3cc(C)ccc3-c3cc4c(cc32)-c2ccc(C)cc2C4(CCCCCCCC)CCCCCCCC)cc1.Cc1ccc(N(c2ccc(C)cc2)c2ccc(C)cc2)cc1.Cc1ccc(N(c2ccc(C)cc2)c2ccc(N(c3ccc(C)cc3)c3ccc(C)cc3)cc2)cc1. The quantitative estimate of drug-likeness (QED) is 0.0356. The summed E-state index contributed by atoms with van der Waals surface area (Å²) in [5, 5.41) is 0. The van der Waals surface area contributed by atoms with E-state index in [4.69, 9.17) is 0 Å². The van der Waals surface area contributed by atoms with Crippen LogP contribution in [0, 0.1) is 62.3 Å². The second-order valence-corrected chi connectivity index (χ2v) is 36.7.